The molecule has 6 nitrogen and oxygen atoms in total. The lowest BCUT2D eigenvalue weighted by atomic mass is 10.2. The Labute approximate surface area is 167 Å². The van der Waals surface area contributed by atoms with Crippen molar-refractivity contribution in [3.05, 3.63) is 52.1 Å². The molecule has 1 aromatic heterocycles. The number of anilines is 1. The van der Waals surface area contributed by atoms with Crippen LogP contribution in [0.15, 0.2) is 36.5 Å². The van der Waals surface area contributed by atoms with Gasteiger partial charge in [-0.15, -0.1) is 0 Å². The van der Waals surface area contributed by atoms with Crippen LogP contribution in [0, 0.1) is 0 Å². The van der Waals surface area contributed by atoms with Gasteiger partial charge < -0.3 is 14.8 Å². The predicted octanol–water partition coefficient (Wildman–Crippen LogP) is 4.75. The quantitative estimate of drug-likeness (QED) is 0.476. The van der Waals surface area contributed by atoms with Gasteiger partial charge in [0.1, 0.15) is 5.75 Å². The lowest BCUT2D eigenvalue weighted by molar-refractivity contribution is -0.119. The number of nitrogens with zero attached hydrogens (tertiary/aromatic N) is 1. The fourth-order valence-corrected chi connectivity index (χ4v) is 2.55. The largest absolute Gasteiger partial charge is 0.494 e. The summed E-state index contributed by atoms with van der Waals surface area (Å²) in [4.78, 5) is 27.8. The highest BCUT2D eigenvalue weighted by Crippen LogP contribution is 2.22. The Hall–Kier alpha value is -2.31. The summed E-state index contributed by atoms with van der Waals surface area (Å²) in [6.45, 7) is 2.30. The smallest absolute Gasteiger partial charge is 0.338 e. The zero-order valence-corrected chi connectivity index (χ0v) is 16.3. The SMILES string of the molecule is CCCCCOc1ccc(C(=O)OCC(=O)Nc2ncc(Cl)cc2Cl)cc1. The third kappa shape index (κ3) is 7.07. The first-order chi connectivity index (χ1) is 13.0. The molecule has 0 aliphatic carbocycles. The number of esters is 1. The first-order valence-corrected chi connectivity index (χ1v) is 9.26. The van der Waals surface area contributed by atoms with Crippen LogP contribution in [0.2, 0.25) is 10.0 Å². The van der Waals surface area contributed by atoms with Gasteiger partial charge in [0.15, 0.2) is 12.4 Å². The number of unbranched alkanes of at least 4 members (excludes halogenated alkanes) is 2. The molecule has 0 fully saturated rings. The van der Waals surface area contributed by atoms with E-state index in [0.717, 1.165) is 19.3 Å². The second-order valence-corrected chi connectivity index (χ2v) is 6.53. The summed E-state index contributed by atoms with van der Waals surface area (Å²) < 4.78 is 10.6. The Morgan fingerprint density at radius 3 is 2.56 bits per heavy atom. The van der Waals surface area contributed by atoms with Crippen LogP contribution in [0.4, 0.5) is 5.82 Å². The van der Waals surface area contributed by atoms with E-state index in [1.54, 1.807) is 24.3 Å². The van der Waals surface area contributed by atoms with E-state index >= 15 is 0 Å². The fraction of sp³-hybridized carbons (Fsp3) is 0.316. The average molecular weight is 411 g/mol. The summed E-state index contributed by atoms with van der Waals surface area (Å²) in [5, 5.41) is 2.99. The first-order valence-electron chi connectivity index (χ1n) is 8.50. The Kier molecular flexibility index (Phi) is 8.36. The number of hydrogen-bond donors (Lipinski definition) is 1. The number of rotatable bonds is 9. The maximum Gasteiger partial charge on any atom is 0.338 e. The van der Waals surface area contributed by atoms with Crippen molar-refractivity contribution in [1.82, 2.24) is 4.98 Å². The highest BCUT2D eigenvalue weighted by atomic mass is 35.5. The molecule has 1 amide bonds. The number of carbonyl (C=O) groups excluding carboxylic acids is 2. The van der Waals surface area contributed by atoms with E-state index < -0.39 is 18.5 Å². The predicted molar refractivity (Wildman–Crippen MR) is 105 cm³/mol. The molecule has 0 bridgehead atoms. The molecule has 27 heavy (non-hydrogen) atoms. The molecule has 1 aromatic carbocycles. The van der Waals surface area contributed by atoms with Crippen LogP contribution in [-0.4, -0.2) is 30.1 Å². The van der Waals surface area contributed by atoms with Crippen molar-refractivity contribution >= 4 is 40.9 Å². The molecule has 0 unspecified atom stereocenters. The minimum atomic E-state index is -0.613. The van der Waals surface area contributed by atoms with E-state index in [1.807, 2.05) is 0 Å². The number of hydrogen-bond acceptors (Lipinski definition) is 5. The number of nitrogens with one attached hydrogen (secondary N) is 1. The van der Waals surface area contributed by atoms with Crippen molar-refractivity contribution in [2.75, 3.05) is 18.5 Å². The van der Waals surface area contributed by atoms with Crippen molar-refractivity contribution < 1.29 is 19.1 Å². The molecule has 0 aliphatic heterocycles. The summed E-state index contributed by atoms with van der Waals surface area (Å²) in [7, 11) is 0. The highest BCUT2D eigenvalue weighted by Gasteiger charge is 2.12. The number of carbonyl (C=O) groups is 2. The van der Waals surface area contributed by atoms with E-state index in [1.165, 1.54) is 12.3 Å². The monoisotopic (exact) mass is 410 g/mol. The maximum absolute atomic E-state index is 12.0. The highest BCUT2D eigenvalue weighted by molar-refractivity contribution is 6.36. The van der Waals surface area contributed by atoms with Crippen LogP contribution in [0.25, 0.3) is 0 Å². The molecule has 1 heterocycles. The minimum Gasteiger partial charge on any atom is -0.494 e. The van der Waals surface area contributed by atoms with E-state index in [-0.39, 0.29) is 10.8 Å². The molecule has 0 radical (unpaired) electrons. The minimum absolute atomic E-state index is 0.145. The fourth-order valence-electron chi connectivity index (χ4n) is 2.12. The molecule has 2 aromatic rings. The molecule has 1 N–H and O–H groups in total. The second-order valence-electron chi connectivity index (χ2n) is 5.69. The van der Waals surface area contributed by atoms with Gasteiger partial charge in [0.2, 0.25) is 0 Å². The zero-order chi connectivity index (χ0) is 19.6. The van der Waals surface area contributed by atoms with Crippen LogP contribution < -0.4 is 10.1 Å². The topological polar surface area (TPSA) is 77.5 Å². The van der Waals surface area contributed by atoms with Crippen molar-refractivity contribution in [2.24, 2.45) is 0 Å². The zero-order valence-electron chi connectivity index (χ0n) is 14.8. The third-order valence-corrected chi connectivity index (χ3v) is 4.00. The van der Waals surface area contributed by atoms with Crippen molar-refractivity contribution in [1.29, 1.82) is 0 Å². The molecular formula is C19H20Cl2N2O4. The van der Waals surface area contributed by atoms with Crippen molar-refractivity contribution in [3.63, 3.8) is 0 Å². The van der Waals surface area contributed by atoms with Crippen molar-refractivity contribution in [2.45, 2.75) is 26.2 Å². The van der Waals surface area contributed by atoms with Gasteiger partial charge in [0, 0.05) is 6.20 Å². The number of aromatic nitrogens is 1. The van der Waals surface area contributed by atoms with Gasteiger partial charge in [-0.1, -0.05) is 43.0 Å². The molecule has 0 spiro atoms. The third-order valence-electron chi connectivity index (χ3n) is 3.51. The second kappa shape index (κ2) is 10.7. The van der Waals surface area contributed by atoms with Crippen LogP contribution in [0.1, 0.15) is 36.5 Å². The lowest BCUT2D eigenvalue weighted by Gasteiger charge is -2.08. The maximum atomic E-state index is 12.0. The van der Waals surface area contributed by atoms with Crippen molar-refractivity contribution in [3.8, 4) is 5.75 Å². The van der Waals surface area contributed by atoms with Gasteiger partial charge >= 0.3 is 5.97 Å². The molecule has 0 saturated heterocycles. The summed E-state index contributed by atoms with van der Waals surface area (Å²) in [5.41, 5.74) is 0.325. The number of ether oxygens (including phenoxy) is 2. The molecule has 0 saturated carbocycles. The van der Waals surface area contributed by atoms with E-state index in [2.05, 4.69) is 17.2 Å². The van der Waals surface area contributed by atoms with Gasteiger partial charge in [-0.25, -0.2) is 9.78 Å². The Balaban J connectivity index is 1.79. The summed E-state index contributed by atoms with van der Waals surface area (Å²) >= 11 is 11.7. The van der Waals surface area contributed by atoms with Gasteiger partial charge in [0.05, 0.1) is 22.2 Å². The molecule has 8 heteroatoms. The van der Waals surface area contributed by atoms with Gasteiger partial charge in [0.25, 0.3) is 5.91 Å². The number of amides is 1. The number of pyridine rings is 1. The average Bonchev–Trinajstić information content (AvgIpc) is 2.66. The summed E-state index contributed by atoms with van der Waals surface area (Å²) in [6.07, 6.45) is 4.58. The normalized spacial score (nSPS) is 10.3. The van der Waals surface area contributed by atoms with Crippen LogP contribution in [0.5, 0.6) is 5.75 Å². The number of halogens is 2. The van der Waals surface area contributed by atoms with Gasteiger partial charge in [-0.2, -0.15) is 0 Å². The lowest BCUT2D eigenvalue weighted by Crippen LogP contribution is -2.21. The summed E-state index contributed by atoms with van der Waals surface area (Å²) in [6, 6.07) is 8.02. The van der Waals surface area contributed by atoms with E-state index in [4.69, 9.17) is 32.7 Å². The van der Waals surface area contributed by atoms with Crippen LogP contribution in [0.3, 0.4) is 0 Å². The Morgan fingerprint density at radius 1 is 1.15 bits per heavy atom. The van der Waals surface area contributed by atoms with E-state index in [9.17, 15) is 9.59 Å². The molecule has 144 valence electrons. The van der Waals surface area contributed by atoms with Crippen LogP contribution >= 0.6 is 23.2 Å². The van der Waals surface area contributed by atoms with Crippen LogP contribution in [-0.2, 0) is 9.53 Å². The standard InChI is InChI=1S/C19H20Cl2N2O4/c1-2-3-4-9-26-15-7-5-13(6-8-15)19(25)27-12-17(24)23-18-16(21)10-14(20)11-22-18/h5-8,10-11H,2-4,9,12H2,1H3,(H,22,23,24). The molecular weight excluding hydrogens is 391 g/mol. The summed E-state index contributed by atoms with van der Waals surface area (Å²) in [5.74, 6) is -0.343. The molecule has 0 aliphatic rings. The number of benzene rings is 1. The van der Waals surface area contributed by atoms with E-state index in [0.29, 0.717) is 22.9 Å². The Bertz CT molecular complexity index is 782. The van der Waals surface area contributed by atoms with Gasteiger partial charge in [-0.3, -0.25) is 4.79 Å². The molecule has 2 rings (SSSR count). The first kappa shape index (κ1) is 21.0. The molecule has 0 atom stereocenters. The Morgan fingerprint density at radius 2 is 1.89 bits per heavy atom. The van der Waals surface area contributed by atoms with Gasteiger partial charge in [-0.05, 0) is 36.8 Å².